The van der Waals surface area contributed by atoms with Gasteiger partial charge in [0.15, 0.2) is 0 Å². The van der Waals surface area contributed by atoms with Crippen LogP contribution in [0.4, 0.5) is 0 Å². The van der Waals surface area contributed by atoms with Crippen LogP contribution >= 0.6 is 15.9 Å². The third-order valence-corrected chi connectivity index (χ3v) is 3.86. The Hall–Kier alpha value is -1.87. The van der Waals surface area contributed by atoms with Crippen molar-refractivity contribution in [1.29, 1.82) is 0 Å². The van der Waals surface area contributed by atoms with Crippen LogP contribution in [-0.4, -0.2) is 12.5 Å². The van der Waals surface area contributed by atoms with Gasteiger partial charge in [0.25, 0.3) is 0 Å². The maximum absolute atomic E-state index is 11.7. The molecule has 0 spiro atoms. The van der Waals surface area contributed by atoms with E-state index in [0.29, 0.717) is 0 Å². The number of benzene rings is 2. The SMILES string of the molecule is O=C(C=Cc1ccc(Br)cc1)NCCCCc1ccccc1. The zero-order valence-corrected chi connectivity index (χ0v) is 14.1. The largest absolute Gasteiger partial charge is 0.353 e. The molecule has 0 radical (unpaired) electrons. The van der Waals surface area contributed by atoms with Gasteiger partial charge in [0.05, 0.1) is 0 Å². The molecule has 1 amide bonds. The predicted octanol–water partition coefficient (Wildman–Crippen LogP) is 4.60. The van der Waals surface area contributed by atoms with Gasteiger partial charge in [-0.1, -0.05) is 58.4 Å². The molecular weight excluding hydrogens is 338 g/mol. The molecule has 3 heteroatoms. The highest BCUT2D eigenvalue weighted by molar-refractivity contribution is 9.10. The molecule has 0 aliphatic carbocycles. The van der Waals surface area contributed by atoms with Crippen molar-refractivity contribution < 1.29 is 4.79 Å². The molecule has 2 rings (SSSR count). The second-order valence-electron chi connectivity index (χ2n) is 5.12. The second kappa shape index (κ2) is 9.21. The van der Waals surface area contributed by atoms with Gasteiger partial charge in [0.2, 0.25) is 5.91 Å². The van der Waals surface area contributed by atoms with Crippen LogP contribution in [0.2, 0.25) is 0 Å². The lowest BCUT2D eigenvalue weighted by atomic mass is 10.1. The standard InChI is InChI=1S/C19H20BrNO/c20-18-12-9-17(10-13-18)11-14-19(22)21-15-5-4-8-16-6-2-1-3-7-16/h1-3,6-7,9-14H,4-5,8,15H2,(H,21,22). The van der Waals surface area contributed by atoms with Crippen molar-refractivity contribution in [3.63, 3.8) is 0 Å². The number of aryl methyl sites for hydroxylation is 1. The van der Waals surface area contributed by atoms with Crippen LogP contribution in [0.25, 0.3) is 6.08 Å². The summed E-state index contributed by atoms with van der Waals surface area (Å²) in [5, 5.41) is 2.92. The average Bonchev–Trinajstić information content (AvgIpc) is 2.55. The van der Waals surface area contributed by atoms with E-state index in [9.17, 15) is 4.79 Å². The Bertz CT molecular complexity index is 605. The van der Waals surface area contributed by atoms with Crippen LogP contribution in [0.1, 0.15) is 24.0 Å². The van der Waals surface area contributed by atoms with Gasteiger partial charge in [-0.05, 0) is 48.6 Å². The third kappa shape index (κ3) is 6.27. The lowest BCUT2D eigenvalue weighted by Crippen LogP contribution is -2.22. The van der Waals surface area contributed by atoms with Gasteiger partial charge in [-0.2, -0.15) is 0 Å². The molecule has 0 heterocycles. The number of unbranched alkanes of at least 4 members (excludes halogenated alkanes) is 1. The number of amides is 1. The maximum atomic E-state index is 11.7. The van der Waals surface area contributed by atoms with Crippen LogP contribution in [0, 0.1) is 0 Å². The summed E-state index contributed by atoms with van der Waals surface area (Å²) in [4.78, 5) is 11.7. The highest BCUT2D eigenvalue weighted by atomic mass is 79.9. The van der Waals surface area contributed by atoms with Gasteiger partial charge in [-0.15, -0.1) is 0 Å². The molecule has 0 saturated heterocycles. The lowest BCUT2D eigenvalue weighted by molar-refractivity contribution is -0.116. The monoisotopic (exact) mass is 357 g/mol. The molecule has 114 valence electrons. The van der Waals surface area contributed by atoms with Gasteiger partial charge in [0, 0.05) is 17.1 Å². The quantitative estimate of drug-likeness (QED) is 0.569. The Kier molecular flexibility index (Phi) is 6.91. The van der Waals surface area contributed by atoms with Crippen LogP contribution in [0.5, 0.6) is 0 Å². The molecule has 1 N–H and O–H groups in total. The highest BCUT2D eigenvalue weighted by Gasteiger charge is 1.96. The van der Waals surface area contributed by atoms with E-state index < -0.39 is 0 Å². The van der Waals surface area contributed by atoms with E-state index in [-0.39, 0.29) is 5.91 Å². The summed E-state index contributed by atoms with van der Waals surface area (Å²) < 4.78 is 1.03. The van der Waals surface area contributed by atoms with Crippen molar-refractivity contribution >= 4 is 27.9 Å². The normalized spacial score (nSPS) is 10.8. The molecule has 2 aromatic carbocycles. The fraction of sp³-hybridized carbons (Fsp3) is 0.211. The summed E-state index contributed by atoms with van der Waals surface area (Å²) in [7, 11) is 0. The van der Waals surface area contributed by atoms with E-state index in [1.807, 2.05) is 36.4 Å². The molecule has 2 aromatic rings. The van der Waals surface area contributed by atoms with E-state index >= 15 is 0 Å². The summed E-state index contributed by atoms with van der Waals surface area (Å²) in [5.74, 6) is -0.0392. The molecule has 0 unspecified atom stereocenters. The molecule has 0 aliphatic rings. The van der Waals surface area contributed by atoms with Crippen LogP contribution in [-0.2, 0) is 11.2 Å². The lowest BCUT2D eigenvalue weighted by Gasteiger charge is -2.03. The predicted molar refractivity (Wildman–Crippen MR) is 95.6 cm³/mol. The molecule has 0 atom stereocenters. The number of hydrogen-bond donors (Lipinski definition) is 1. The van der Waals surface area contributed by atoms with Gasteiger partial charge in [-0.3, -0.25) is 4.79 Å². The number of carbonyl (C=O) groups excluding carboxylic acids is 1. The fourth-order valence-corrected chi connectivity index (χ4v) is 2.38. The number of halogens is 1. The van der Waals surface area contributed by atoms with E-state index in [1.165, 1.54) is 5.56 Å². The van der Waals surface area contributed by atoms with Crippen LogP contribution < -0.4 is 5.32 Å². The molecule has 0 aromatic heterocycles. The van der Waals surface area contributed by atoms with Crippen LogP contribution in [0.15, 0.2) is 65.1 Å². The van der Waals surface area contributed by atoms with Gasteiger partial charge < -0.3 is 5.32 Å². The molecule has 2 nitrogen and oxygen atoms in total. The summed E-state index contributed by atoms with van der Waals surface area (Å²) in [6.07, 6.45) is 6.55. The van der Waals surface area contributed by atoms with Crippen molar-refractivity contribution in [3.8, 4) is 0 Å². The first kappa shape index (κ1) is 16.5. The Morgan fingerprint density at radius 2 is 1.73 bits per heavy atom. The van der Waals surface area contributed by atoms with E-state index in [0.717, 1.165) is 35.8 Å². The fourth-order valence-electron chi connectivity index (χ4n) is 2.12. The van der Waals surface area contributed by atoms with Crippen molar-refractivity contribution in [2.45, 2.75) is 19.3 Å². The first-order valence-corrected chi connectivity index (χ1v) is 8.29. The number of carbonyl (C=O) groups is 1. The molecule has 0 bridgehead atoms. The van der Waals surface area contributed by atoms with Gasteiger partial charge >= 0.3 is 0 Å². The summed E-state index contributed by atoms with van der Waals surface area (Å²) in [6.45, 7) is 0.719. The summed E-state index contributed by atoms with van der Waals surface area (Å²) in [6, 6.07) is 18.3. The number of nitrogens with one attached hydrogen (secondary N) is 1. The minimum absolute atomic E-state index is 0.0392. The second-order valence-corrected chi connectivity index (χ2v) is 6.03. The van der Waals surface area contributed by atoms with Gasteiger partial charge in [-0.25, -0.2) is 0 Å². The van der Waals surface area contributed by atoms with E-state index in [1.54, 1.807) is 6.08 Å². The summed E-state index contributed by atoms with van der Waals surface area (Å²) >= 11 is 3.39. The maximum Gasteiger partial charge on any atom is 0.243 e. The molecule has 0 saturated carbocycles. The zero-order valence-electron chi connectivity index (χ0n) is 12.5. The topological polar surface area (TPSA) is 29.1 Å². The van der Waals surface area contributed by atoms with Crippen molar-refractivity contribution in [1.82, 2.24) is 5.32 Å². The minimum Gasteiger partial charge on any atom is -0.353 e. The van der Waals surface area contributed by atoms with Crippen molar-refractivity contribution in [3.05, 3.63) is 76.3 Å². The number of rotatable bonds is 7. The Labute approximate surface area is 140 Å². The Balaban J connectivity index is 1.62. The van der Waals surface area contributed by atoms with Crippen LogP contribution in [0.3, 0.4) is 0 Å². The van der Waals surface area contributed by atoms with E-state index in [2.05, 4.69) is 45.5 Å². The van der Waals surface area contributed by atoms with E-state index in [4.69, 9.17) is 0 Å². The third-order valence-electron chi connectivity index (χ3n) is 3.33. The average molecular weight is 358 g/mol. The zero-order chi connectivity index (χ0) is 15.6. The smallest absolute Gasteiger partial charge is 0.243 e. The first-order valence-electron chi connectivity index (χ1n) is 7.49. The first-order chi connectivity index (χ1) is 10.7. The Morgan fingerprint density at radius 3 is 2.45 bits per heavy atom. The van der Waals surface area contributed by atoms with Gasteiger partial charge in [0.1, 0.15) is 0 Å². The minimum atomic E-state index is -0.0392. The highest BCUT2D eigenvalue weighted by Crippen LogP contribution is 2.11. The van der Waals surface area contributed by atoms with Crippen molar-refractivity contribution in [2.24, 2.45) is 0 Å². The molecule has 22 heavy (non-hydrogen) atoms. The summed E-state index contributed by atoms with van der Waals surface area (Å²) in [5.41, 5.74) is 2.37. The molecular formula is C19H20BrNO. The van der Waals surface area contributed by atoms with Crippen molar-refractivity contribution in [2.75, 3.05) is 6.54 Å². The Morgan fingerprint density at radius 1 is 1.00 bits per heavy atom. The number of hydrogen-bond acceptors (Lipinski definition) is 1. The molecule has 0 aliphatic heterocycles. The molecule has 0 fully saturated rings.